The van der Waals surface area contributed by atoms with Crippen LogP contribution in [0.15, 0.2) is 42.5 Å². The van der Waals surface area contributed by atoms with Crippen molar-refractivity contribution >= 4 is 0 Å². The fraction of sp³-hybridized carbons (Fsp3) is 0.529. The third-order valence-corrected chi connectivity index (χ3v) is 4.38. The van der Waals surface area contributed by atoms with Crippen molar-refractivity contribution < 1.29 is 23.4 Å². The van der Waals surface area contributed by atoms with E-state index in [2.05, 4.69) is 0 Å². The molecule has 1 saturated carbocycles. The van der Waals surface area contributed by atoms with Crippen LogP contribution < -0.4 is 4.74 Å². The summed E-state index contributed by atoms with van der Waals surface area (Å²) in [5, 5.41) is 9.48. The normalized spacial score (nSPS) is 31.6. The van der Waals surface area contributed by atoms with Crippen LogP contribution in [0.1, 0.15) is 19.3 Å². The second-order valence-electron chi connectivity index (χ2n) is 5.99. The van der Waals surface area contributed by atoms with Gasteiger partial charge in [-0.25, -0.2) is 0 Å². The first kappa shape index (κ1) is 15.4. The topological polar surface area (TPSA) is 38.7 Å². The van der Waals surface area contributed by atoms with E-state index < -0.39 is 18.8 Å². The molecule has 2 aliphatic rings. The Kier molecular flexibility index (Phi) is 4.45. The first-order chi connectivity index (χ1) is 10.5. The van der Waals surface area contributed by atoms with E-state index in [0.717, 1.165) is 18.9 Å². The molecule has 1 N–H and O–H groups in total. The number of fused-ring (bicyclic) bond motifs is 1. The number of aliphatic hydroxyl groups is 1. The van der Waals surface area contributed by atoms with Gasteiger partial charge in [0.15, 0.2) is 12.9 Å². The van der Waals surface area contributed by atoms with Gasteiger partial charge in [0.1, 0.15) is 5.75 Å². The minimum atomic E-state index is -3.01. The molecule has 1 saturated heterocycles. The summed E-state index contributed by atoms with van der Waals surface area (Å²) in [4.78, 5) is 0. The summed E-state index contributed by atoms with van der Waals surface area (Å²) in [6.07, 6.45) is 3.96. The molecule has 4 atom stereocenters. The van der Waals surface area contributed by atoms with E-state index in [1.807, 2.05) is 0 Å². The van der Waals surface area contributed by atoms with E-state index in [4.69, 9.17) is 9.47 Å². The molecule has 120 valence electrons. The molecule has 1 heterocycles. The van der Waals surface area contributed by atoms with Gasteiger partial charge in [0.25, 0.3) is 5.92 Å². The quantitative estimate of drug-likeness (QED) is 0.847. The first-order valence-corrected chi connectivity index (χ1v) is 7.62. The van der Waals surface area contributed by atoms with Crippen LogP contribution in [0.2, 0.25) is 0 Å². The van der Waals surface area contributed by atoms with Gasteiger partial charge in [-0.3, -0.25) is 0 Å². The van der Waals surface area contributed by atoms with Crippen molar-refractivity contribution in [1.82, 2.24) is 0 Å². The van der Waals surface area contributed by atoms with Gasteiger partial charge in [-0.2, -0.15) is 8.78 Å². The van der Waals surface area contributed by atoms with E-state index in [0.29, 0.717) is 12.2 Å². The van der Waals surface area contributed by atoms with Crippen LogP contribution in [0.3, 0.4) is 0 Å². The summed E-state index contributed by atoms with van der Waals surface area (Å²) in [6, 6.07) is 8.59. The molecule has 3 nitrogen and oxygen atoms in total. The molecule has 1 aromatic rings. The fourth-order valence-corrected chi connectivity index (χ4v) is 3.29. The number of alkyl halides is 2. The number of benzene rings is 1. The Balaban J connectivity index is 1.54. The summed E-state index contributed by atoms with van der Waals surface area (Å²) in [7, 11) is 0. The molecule has 0 aromatic heterocycles. The van der Waals surface area contributed by atoms with Crippen LogP contribution in [0.4, 0.5) is 8.78 Å². The summed E-state index contributed by atoms with van der Waals surface area (Å²) in [5.41, 5.74) is 0. The van der Waals surface area contributed by atoms with Crippen LogP contribution in [-0.2, 0) is 4.74 Å². The maximum Gasteiger partial charge on any atom is 0.299 e. The number of hydrogen-bond acceptors (Lipinski definition) is 3. The van der Waals surface area contributed by atoms with Gasteiger partial charge in [-0.15, -0.1) is 0 Å². The number of hydrogen-bond donors (Lipinski definition) is 1. The Bertz CT molecular complexity index is 518. The van der Waals surface area contributed by atoms with Crippen molar-refractivity contribution in [3.8, 4) is 5.75 Å². The molecule has 1 aliphatic heterocycles. The number of aliphatic hydroxyl groups excluding tert-OH is 1. The standard InChI is InChI=1S/C17H20F2O3/c18-17(19,11-21-13-4-2-1-3-5-13)9-8-12-6-7-15-14(12)10-16(20)22-15/h1-5,8-9,12,14-16,20H,6-7,10-11H2/b9-8+/t12-,14-,15+,16?/m1/s1. The molecular formula is C17H20F2O3. The van der Waals surface area contributed by atoms with E-state index in [-0.39, 0.29) is 17.9 Å². The molecule has 0 bridgehead atoms. The zero-order valence-electron chi connectivity index (χ0n) is 12.2. The molecule has 2 fully saturated rings. The smallest absolute Gasteiger partial charge is 0.299 e. The minimum absolute atomic E-state index is 0.0128. The number of para-hydroxylation sites is 1. The Morgan fingerprint density at radius 3 is 2.82 bits per heavy atom. The average molecular weight is 310 g/mol. The lowest BCUT2D eigenvalue weighted by Gasteiger charge is -2.16. The van der Waals surface area contributed by atoms with Gasteiger partial charge < -0.3 is 14.6 Å². The summed E-state index contributed by atoms with van der Waals surface area (Å²) < 4.78 is 38.3. The van der Waals surface area contributed by atoms with Gasteiger partial charge in [-0.1, -0.05) is 24.3 Å². The number of halogens is 2. The zero-order valence-corrected chi connectivity index (χ0v) is 12.2. The molecule has 0 amide bonds. The van der Waals surface area contributed by atoms with Crippen LogP contribution in [-0.4, -0.2) is 30.0 Å². The average Bonchev–Trinajstić information content (AvgIpc) is 3.04. The second kappa shape index (κ2) is 6.34. The van der Waals surface area contributed by atoms with Crippen molar-refractivity contribution in [2.45, 2.75) is 37.6 Å². The highest BCUT2D eigenvalue weighted by Gasteiger charge is 2.43. The highest BCUT2D eigenvalue weighted by Crippen LogP contribution is 2.43. The van der Waals surface area contributed by atoms with Crippen molar-refractivity contribution in [1.29, 1.82) is 0 Å². The Morgan fingerprint density at radius 1 is 1.27 bits per heavy atom. The monoisotopic (exact) mass is 310 g/mol. The van der Waals surface area contributed by atoms with Crippen LogP contribution in [0.25, 0.3) is 0 Å². The van der Waals surface area contributed by atoms with E-state index in [9.17, 15) is 13.9 Å². The van der Waals surface area contributed by atoms with Crippen LogP contribution in [0, 0.1) is 11.8 Å². The summed E-state index contributed by atoms with van der Waals surface area (Å²) in [6.45, 7) is -0.673. The summed E-state index contributed by atoms with van der Waals surface area (Å²) in [5.74, 6) is -2.38. The fourth-order valence-electron chi connectivity index (χ4n) is 3.29. The van der Waals surface area contributed by atoms with Crippen molar-refractivity contribution in [3.63, 3.8) is 0 Å². The lowest BCUT2D eigenvalue weighted by atomic mass is 9.92. The SMILES string of the molecule is OC1C[C@H]2[C@H](CC[C@@H]2/C=C/C(F)(F)COc2ccccc2)O1. The number of rotatable bonds is 5. The Hall–Kier alpha value is -1.46. The van der Waals surface area contributed by atoms with Gasteiger partial charge in [-0.05, 0) is 42.9 Å². The predicted molar refractivity (Wildman–Crippen MR) is 77.7 cm³/mol. The molecular weight excluding hydrogens is 290 g/mol. The Morgan fingerprint density at radius 2 is 2.05 bits per heavy atom. The first-order valence-electron chi connectivity index (χ1n) is 7.62. The molecule has 0 radical (unpaired) electrons. The zero-order chi connectivity index (χ0) is 15.6. The molecule has 5 heteroatoms. The number of ether oxygens (including phenoxy) is 2. The van der Waals surface area contributed by atoms with E-state index in [1.54, 1.807) is 36.4 Å². The molecule has 1 aromatic carbocycles. The van der Waals surface area contributed by atoms with Gasteiger partial charge in [0.2, 0.25) is 0 Å². The third-order valence-electron chi connectivity index (χ3n) is 4.38. The lowest BCUT2D eigenvalue weighted by molar-refractivity contribution is -0.0906. The number of allylic oxidation sites excluding steroid dienone is 1. The van der Waals surface area contributed by atoms with Crippen LogP contribution >= 0.6 is 0 Å². The van der Waals surface area contributed by atoms with Crippen molar-refractivity contribution in [2.24, 2.45) is 11.8 Å². The highest BCUT2D eigenvalue weighted by atomic mass is 19.3. The van der Waals surface area contributed by atoms with Crippen molar-refractivity contribution in [2.75, 3.05) is 6.61 Å². The van der Waals surface area contributed by atoms with E-state index >= 15 is 0 Å². The van der Waals surface area contributed by atoms with Gasteiger partial charge in [0, 0.05) is 6.42 Å². The molecule has 0 spiro atoms. The predicted octanol–water partition coefficient (Wildman–Crippen LogP) is 3.39. The largest absolute Gasteiger partial charge is 0.487 e. The second-order valence-corrected chi connectivity index (χ2v) is 5.99. The molecule has 1 unspecified atom stereocenters. The maximum atomic E-state index is 13.9. The lowest BCUT2D eigenvalue weighted by Crippen LogP contribution is -2.23. The molecule has 1 aliphatic carbocycles. The van der Waals surface area contributed by atoms with Gasteiger partial charge >= 0.3 is 0 Å². The Labute approximate surface area is 128 Å². The molecule has 3 rings (SSSR count). The van der Waals surface area contributed by atoms with Crippen molar-refractivity contribution in [3.05, 3.63) is 42.5 Å². The minimum Gasteiger partial charge on any atom is -0.487 e. The van der Waals surface area contributed by atoms with Crippen LogP contribution in [0.5, 0.6) is 5.75 Å². The summed E-state index contributed by atoms with van der Waals surface area (Å²) >= 11 is 0. The third kappa shape index (κ3) is 3.65. The maximum absolute atomic E-state index is 13.9. The highest BCUT2D eigenvalue weighted by molar-refractivity contribution is 5.21. The molecule has 22 heavy (non-hydrogen) atoms. The van der Waals surface area contributed by atoms with E-state index in [1.165, 1.54) is 0 Å². The van der Waals surface area contributed by atoms with Gasteiger partial charge in [0.05, 0.1) is 6.10 Å².